The molecule has 0 aromatic carbocycles. The van der Waals surface area contributed by atoms with E-state index < -0.39 is 8.56 Å². The molecule has 17 heavy (non-hydrogen) atoms. The second-order valence-electron chi connectivity index (χ2n) is 5.33. The van der Waals surface area contributed by atoms with Crippen LogP contribution in [0.15, 0.2) is 0 Å². The Bertz CT molecular complexity index is 243. The van der Waals surface area contributed by atoms with Crippen molar-refractivity contribution in [1.29, 1.82) is 0 Å². The van der Waals surface area contributed by atoms with Crippen molar-refractivity contribution in [3.05, 3.63) is 0 Å². The Labute approximate surface area is 106 Å². The van der Waals surface area contributed by atoms with Crippen molar-refractivity contribution in [2.24, 2.45) is 5.92 Å². The molecule has 0 N–H and O–H groups in total. The molecule has 0 bridgehead atoms. The Morgan fingerprint density at radius 2 is 2.06 bits per heavy atom. The number of ether oxygens (including phenoxy) is 1. The van der Waals surface area contributed by atoms with Gasteiger partial charge in [0.25, 0.3) is 0 Å². The van der Waals surface area contributed by atoms with Crippen LogP contribution in [-0.2, 0) is 13.6 Å². The van der Waals surface area contributed by atoms with Gasteiger partial charge < -0.3 is 13.6 Å². The first kappa shape index (κ1) is 13.5. The second-order valence-corrected chi connectivity index (χ2v) is 9.06. The lowest BCUT2D eigenvalue weighted by molar-refractivity contribution is 0.204. The van der Waals surface area contributed by atoms with E-state index in [1.807, 2.05) is 7.11 Å². The maximum atomic E-state index is 5.94. The van der Waals surface area contributed by atoms with Crippen molar-refractivity contribution in [3.8, 4) is 0 Å². The highest BCUT2D eigenvalue weighted by molar-refractivity contribution is 6.67. The van der Waals surface area contributed by atoms with Gasteiger partial charge in [0.05, 0.1) is 12.2 Å². The summed E-state index contributed by atoms with van der Waals surface area (Å²) in [5.74, 6) is 0.841. The maximum Gasteiger partial charge on any atom is 0.337 e. The van der Waals surface area contributed by atoms with E-state index in [9.17, 15) is 0 Å². The fraction of sp³-hybridized carbons (Fsp3) is 1.00. The van der Waals surface area contributed by atoms with Crippen molar-refractivity contribution in [2.45, 2.75) is 63.8 Å². The number of hydrogen-bond donors (Lipinski definition) is 0. The van der Waals surface area contributed by atoms with E-state index in [4.69, 9.17) is 13.6 Å². The molecular formula is C13H26O3Si. The molecule has 3 nitrogen and oxygen atoms in total. The van der Waals surface area contributed by atoms with Crippen molar-refractivity contribution in [1.82, 2.24) is 0 Å². The lowest BCUT2D eigenvalue weighted by Gasteiger charge is -2.29. The van der Waals surface area contributed by atoms with Crippen LogP contribution in [0.1, 0.15) is 39.5 Å². The van der Waals surface area contributed by atoms with Crippen LogP contribution in [0.2, 0.25) is 12.1 Å². The summed E-state index contributed by atoms with van der Waals surface area (Å²) in [7, 11) is -0.0510. The van der Waals surface area contributed by atoms with Gasteiger partial charge >= 0.3 is 8.56 Å². The standard InChI is InChI=1S/C13H26O3Si/c1-4-15-17(5-2,14-3)9-8-11-6-7-12-13(10-11)16-12/h11-13H,4-10H2,1-3H3. The smallest absolute Gasteiger partial charge is 0.337 e. The molecule has 1 saturated heterocycles. The van der Waals surface area contributed by atoms with Crippen molar-refractivity contribution in [3.63, 3.8) is 0 Å². The molecule has 4 unspecified atom stereocenters. The molecule has 0 radical (unpaired) electrons. The van der Waals surface area contributed by atoms with Gasteiger partial charge in [-0.25, -0.2) is 0 Å². The molecule has 4 atom stereocenters. The van der Waals surface area contributed by atoms with Crippen LogP contribution in [0.3, 0.4) is 0 Å². The number of rotatable bonds is 7. The van der Waals surface area contributed by atoms with Gasteiger partial charge in [-0.15, -0.1) is 0 Å². The van der Waals surface area contributed by atoms with Gasteiger partial charge in [-0.2, -0.15) is 0 Å². The number of epoxide rings is 1. The molecule has 1 aliphatic heterocycles. The zero-order chi connectivity index (χ0) is 12.3. The van der Waals surface area contributed by atoms with Crippen LogP contribution < -0.4 is 0 Å². The van der Waals surface area contributed by atoms with Crippen LogP contribution in [0.4, 0.5) is 0 Å². The molecule has 0 aromatic heterocycles. The van der Waals surface area contributed by atoms with E-state index >= 15 is 0 Å². The summed E-state index contributed by atoms with van der Waals surface area (Å²) in [6.07, 6.45) is 6.37. The molecule has 2 fully saturated rings. The molecule has 0 spiro atoms. The van der Waals surface area contributed by atoms with E-state index in [1.165, 1.54) is 25.7 Å². The number of fused-ring (bicyclic) bond motifs is 1. The van der Waals surface area contributed by atoms with Gasteiger partial charge in [-0.05, 0) is 50.6 Å². The zero-order valence-corrected chi connectivity index (χ0v) is 12.4. The van der Waals surface area contributed by atoms with E-state index in [0.717, 1.165) is 24.6 Å². The summed E-state index contributed by atoms with van der Waals surface area (Å²) in [5, 5.41) is 0. The van der Waals surface area contributed by atoms with Crippen LogP contribution in [-0.4, -0.2) is 34.5 Å². The van der Waals surface area contributed by atoms with Crippen LogP contribution in [0.5, 0.6) is 0 Å². The Morgan fingerprint density at radius 1 is 1.24 bits per heavy atom. The van der Waals surface area contributed by atoms with Gasteiger partial charge in [0.1, 0.15) is 0 Å². The van der Waals surface area contributed by atoms with E-state index in [1.54, 1.807) is 0 Å². The summed E-state index contributed by atoms with van der Waals surface area (Å²) in [4.78, 5) is 0. The third kappa shape index (κ3) is 3.31. The minimum absolute atomic E-state index is 0.598. The van der Waals surface area contributed by atoms with Gasteiger partial charge in [0, 0.05) is 13.7 Å². The largest absolute Gasteiger partial charge is 0.398 e. The van der Waals surface area contributed by atoms with Crippen LogP contribution in [0.25, 0.3) is 0 Å². The SMILES string of the molecule is CCO[Si](CC)(CCC1CCC2OC2C1)OC. The average molecular weight is 258 g/mol. The Kier molecular flexibility index (Phi) is 4.63. The molecule has 4 heteroatoms. The predicted molar refractivity (Wildman–Crippen MR) is 70.3 cm³/mol. The first-order valence-corrected chi connectivity index (χ1v) is 9.30. The van der Waals surface area contributed by atoms with Gasteiger partial charge in [-0.3, -0.25) is 0 Å². The molecule has 100 valence electrons. The monoisotopic (exact) mass is 258 g/mol. The highest BCUT2D eigenvalue weighted by atomic mass is 28.4. The number of hydrogen-bond acceptors (Lipinski definition) is 3. The Balaban J connectivity index is 1.77. The summed E-state index contributed by atoms with van der Waals surface area (Å²) in [5.41, 5.74) is 0. The first-order chi connectivity index (χ1) is 8.23. The van der Waals surface area contributed by atoms with Gasteiger partial charge in [-0.1, -0.05) is 6.92 Å². The fourth-order valence-electron chi connectivity index (χ4n) is 3.09. The van der Waals surface area contributed by atoms with E-state index in [0.29, 0.717) is 12.2 Å². The summed E-state index contributed by atoms with van der Waals surface area (Å²) >= 11 is 0. The first-order valence-electron chi connectivity index (χ1n) is 7.07. The summed E-state index contributed by atoms with van der Waals surface area (Å²) in [6.45, 7) is 5.05. The van der Waals surface area contributed by atoms with Crippen molar-refractivity contribution >= 4 is 8.56 Å². The van der Waals surface area contributed by atoms with Crippen molar-refractivity contribution < 1.29 is 13.6 Å². The lowest BCUT2D eigenvalue weighted by atomic mass is 9.88. The van der Waals surface area contributed by atoms with Crippen LogP contribution in [0, 0.1) is 5.92 Å². The third-order valence-corrected chi connectivity index (χ3v) is 8.05. The summed E-state index contributed by atoms with van der Waals surface area (Å²) < 4.78 is 17.3. The zero-order valence-electron chi connectivity index (χ0n) is 11.4. The molecule has 0 aromatic rings. The normalized spacial score (nSPS) is 35.1. The minimum atomic E-state index is -1.88. The molecule has 1 heterocycles. The molecular weight excluding hydrogens is 232 g/mol. The molecule has 1 aliphatic carbocycles. The van der Waals surface area contributed by atoms with Crippen molar-refractivity contribution in [2.75, 3.05) is 13.7 Å². The van der Waals surface area contributed by atoms with Crippen LogP contribution >= 0.6 is 0 Å². The predicted octanol–water partition coefficient (Wildman–Crippen LogP) is 3.09. The van der Waals surface area contributed by atoms with Gasteiger partial charge in [0.15, 0.2) is 0 Å². The maximum absolute atomic E-state index is 5.94. The quantitative estimate of drug-likeness (QED) is 0.519. The fourth-order valence-corrected chi connectivity index (χ4v) is 5.78. The molecule has 2 rings (SSSR count). The molecule has 1 saturated carbocycles. The van der Waals surface area contributed by atoms with E-state index in [-0.39, 0.29) is 0 Å². The van der Waals surface area contributed by atoms with E-state index in [2.05, 4.69) is 13.8 Å². The average Bonchev–Trinajstić information content (AvgIpc) is 3.13. The van der Waals surface area contributed by atoms with Gasteiger partial charge in [0.2, 0.25) is 0 Å². The summed E-state index contributed by atoms with van der Waals surface area (Å²) in [6, 6.07) is 2.21. The molecule has 0 amide bonds. The second kappa shape index (κ2) is 5.82. The third-order valence-electron chi connectivity index (χ3n) is 4.36. The lowest BCUT2D eigenvalue weighted by Crippen LogP contribution is -2.40. The highest BCUT2D eigenvalue weighted by Crippen LogP contribution is 2.41. The minimum Gasteiger partial charge on any atom is -0.398 e. The Morgan fingerprint density at radius 3 is 2.65 bits per heavy atom. The Hall–Kier alpha value is 0.0969. The molecule has 2 aliphatic rings. The highest BCUT2D eigenvalue weighted by Gasteiger charge is 2.44. The topological polar surface area (TPSA) is 31.0 Å².